The van der Waals surface area contributed by atoms with Crippen LogP contribution >= 0.6 is 0 Å². The first-order valence-electron chi connectivity index (χ1n) is 4.45. The van der Waals surface area contributed by atoms with E-state index in [0.717, 1.165) is 12.0 Å². The van der Waals surface area contributed by atoms with E-state index in [-0.39, 0.29) is 5.78 Å². The maximum atomic E-state index is 11.5. The zero-order valence-corrected chi connectivity index (χ0v) is 7.92. The number of carbonyl (C=O) groups excluding carboxylic acids is 1. The number of aryl methyl sites for hydroxylation is 1. The number of carbonyl (C=O) groups is 1. The molecule has 1 aromatic rings. The molecule has 1 heteroatoms. The zero-order valence-electron chi connectivity index (χ0n) is 7.92. The van der Waals surface area contributed by atoms with Crippen LogP contribution in [-0.2, 0) is 0 Å². The average molecular weight is 174 g/mol. The van der Waals surface area contributed by atoms with Crippen LogP contribution in [0.2, 0.25) is 0 Å². The molecule has 0 spiro atoms. The Labute approximate surface area is 79.1 Å². The molecule has 68 valence electrons. The Morgan fingerprint density at radius 1 is 1.38 bits per heavy atom. The molecule has 0 fully saturated rings. The molecule has 1 aromatic carbocycles. The van der Waals surface area contributed by atoms with E-state index in [1.165, 1.54) is 5.56 Å². The highest BCUT2D eigenvalue weighted by atomic mass is 16.1. The standard InChI is InChI=1S/C12H14O/c1-3-4-5-12(13)11-8-6-10(2)7-9-11/h3,6-9H,1,4-5H2,2H3. The van der Waals surface area contributed by atoms with Crippen molar-refractivity contribution in [2.24, 2.45) is 0 Å². The van der Waals surface area contributed by atoms with Gasteiger partial charge in [-0.05, 0) is 13.3 Å². The molecule has 0 heterocycles. The van der Waals surface area contributed by atoms with Gasteiger partial charge >= 0.3 is 0 Å². The van der Waals surface area contributed by atoms with Crippen LogP contribution in [0.3, 0.4) is 0 Å². The first-order valence-corrected chi connectivity index (χ1v) is 4.45. The maximum absolute atomic E-state index is 11.5. The Balaban J connectivity index is 2.66. The van der Waals surface area contributed by atoms with Crippen molar-refractivity contribution in [1.29, 1.82) is 0 Å². The van der Waals surface area contributed by atoms with Crippen molar-refractivity contribution in [2.75, 3.05) is 0 Å². The Kier molecular flexibility index (Phi) is 3.44. The molecule has 0 N–H and O–H groups in total. The van der Waals surface area contributed by atoms with Gasteiger partial charge in [0.05, 0.1) is 0 Å². The summed E-state index contributed by atoms with van der Waals surface area (Å²) < 4.78 is 0. The second-order valence-electron chi connectivity index (χ2n) is 3.12. The molecule has 0 atom stereocenters. The van der Waals surface area contributed by atoms with E-state index in [9.17, 15) is 4.79 Å². The Hall–Kier alpha value is -1.37. The molecule has 0 aliphatic carbocycles. The van der Waals surface area contributed by atoms with Gasteiger partial charge in [0.1, 0.15) is 0 Å². The molecule has 0 saturated heterocycles. The van der Waals surface area contributed by atoms with Gasteiger partial charge in [-0.2, -0.15) is 0 Å². The van der Waals surface area contributed by atoms with E-state index in [1.54, 1.807) is 6.08 Å². The highest BCUT2D eigenvalue weighted by Crippen LogP contribution is 2.07. The summed E-state index contributed by atoms with van der Waals surface area (Å²) in [5.74, 6) is 0.194. The van der Waals surface area contributed by atoms with Gasteiger partial charge in [0, 0.05) is 12.0 Å². The molecule has 0 aliphatic rings. The monoisotopic (exact) mass is 174 g/mol. The summed E-state index contributed by atoms with van der Waals surface area (Å²) in [5, 5.41) is 0. The van der Waals surface area contributed by atoms with E-state index in [4.69, 9.17) is 0 Å². The number of hydrogen-bond donors (Lipinski definition) is 0. The summed E-state index contributed by atoms with van der Waals surface area (Å²) in [6, 6.07) is 7.67. The van der Waals surface area contributed by atoms with Crippen molar-refractivity contribution >= 4 is 5.78 Å². The molecule has 1 nitrogen and oxygen atoms in total. The normalized spacial score (nSPS) is 9.62. The topological polar surface area (TPSA) is 17.1 Å². The lowest BCUT2D eigenvalue weighted by atomic mass is 10.1. The zero-order chi connectivity index (χ0) is 9.68. The second kappa shape index (κ2) is 4.61. The van der Waals surface area contributed by atoms with Crippen LogP contribution in [0.5, 0.6) is 0 Å². The first kappa shape index (κ1) is 9.72. The molecule has 0 aliphatic heterocycles. The number of ketones is 1. The maximum Gasteiger partial charge on any atom is 0.163 e. The highest BCUT2D eigenvalue weighted by Gasteiger charge is 2.02. The van der Waals surface area contributed by atoms with Gasteiger partial charge < -0.3 is 0 Å². The number of hydrogen-bond acceptors (Lipinski definition) is 1. The molecule has 0 saturated carbocycles. The van der Waals surface area contributed by atoms with Crippen LogP contribution in [0.1, 0.15) is 28.8 Å². The van der Waals surface area contributed by atoms with Gasteiger partial charge in [-0.1, -0.05) is 35.9 Å². The number of Topliss-reactive ketones (excluding diaryl/α,β-unsaturated/α-hetero) is 1. The number of benzene rings is 1. The van der Waals surface area contributed by atoms with Crippen LogP contribution < -0.4 is 0 Å². The van der Waals surface area contributed by atoms with Gasteiger partial charge in [0.2, 0.25) is 0 Å². The largest absolute Gasteiger partial charge is 0.294 e. The first-order chi connectivity index (χ1) is 6.24. The van der Waals surface area contributed by atoms with Crippen molar-refractivity contribution in [3.05, 3.63) is 48.0 Å². The Morgan fingerprint density at radius 3 is 2.54 bits per heavy atom. The van der Waals surface area contributed by atoms with Crippen LogP contribution in [0.4, 0.5) is 0 Å². The summed E-state index contributed by atoms with van der Waals surface area (Å²) in [6.45, 7) is 5.60. The van der Waals surface area contributed by atoms with Crippen molar-refractivity contribution in [3.63, 3.8) is 0 Å². The van der Waals surface area contributed by atoms with E-state index in [2.05, 4.69) is 6.58 Å². The van der Waals surface area contributed by atoms with Crippen LogP contribution in [-0.4, -0.2) is 5.78 Å². The molecule has 0 amide bonds. The summed E-state index contributed by atoms with van der Waals surface area (Å²) >= 11 is 0. The highest BCUT2D eigenvalue weighted by molar-refractivity contribution is 5.96. The Bertz CT molecular complexity index is 295. The molecular weight excluding hydrogens is 160 g/mol. The minimum Gasteiger partial charge on any atom is -0.294 e. The fourth-order valence-corrected chi connectivity index (χ4v) is 1.12. The van der Waals surface area contributed by atoms with E-state index in [1.807, 2.05) is 31.2 Å². The predicted molar refractivity (Wildman–Crippen MR) is 54.9 cm³/mol. The fourth-order valence-electron chi connectivity index (χ4n) is 1.12. The molecular formula is C12H14O. The summed E-state index contributed by atoms with van der Waals surface area (Å²) in [4.78, 5) is 11.5. The SMILES string of the molecule is C=CCCC(=O)c1ccc(C)cc1. The molecule has 0 bridgehead atoms. The third-order valence-corrected chi connectivity index (χ3v) is 1.95. The van der Waals surface area contributed by atoms with Gasteiger partial charge in [0.25, 0.3) is 0 Å². The van der Waals surface area contributed by atoms with Gasteiger partial charge in [0.15, 0.2) is 5.78 Å². The van der Waals surface area contributed by atoms with Crippen molar-refractivity contribution in [2.45, 2.75) is 19.8 Å². The van der Waals surface area contributed by atoms with Gasteiger partial charge in [-0.25, -0.2) is 0 Å². The van der Waals surface area contributed by atoms with Crippen LogP contribution in [0, 0.1) is 6.92 Å². The Morgan fingerprint density at radius 2 is 2.00 bits per heavy atom. The second-order valence-corrected chi connectivity index (χ2v) is 3.12. The summed E-state index contributed by atoms with van der Waals surface area (Å²) in [6.07, 6.45) is 3.09. The quantitative estimate of drug-likeness (QED) is 0.506. The minimum absolute atomic E-state index is 0.194. The average Bonchev–Trinajstić information content (AvgIpc) is 2.15. The number of rotatable bonds is 4. The van der Waals surface area contributed by atoms with Crippen molar-refractivity contribution < 1.29 is 4.79 Å². The van der Waals surface area contributed by atoms with Gasteiger partial charge in [-0.3, -0.25) is 4.79 Å². The van der Waals surface area contributed by atoms with E-state index < -0.39 is 0 Å². The van der Waals surface area contributed by atoms with Crippen LogP contribution in [0.15, 0.2) is 36.9 Å². The molecule has 0 radical (unpaired) electrons. The summed E-state index contributed by atoms with van der Waals surface area (Å²) in [5.41, 5.74) is 1.98. The number of allylic oxidation sites excluding steroid dienone is 1. The predicted octanol–water partition coefficient (Wildman–Crippen LogP) is 3.14. The lowest BCUT2D eigenvalue weighted by Gasteiger charge is -1.98. The smallest absolute Gasteiger partial charge is 0.163 e. The summed E-state index contributed by atoms with van der Waals surface area (Å²) in [7, 11) is 0. The lowest BCUT2D eigenvalue weighted by Crippen LogP contribution is -1.97. The van der Waals surface area contributed by atoms with Crippen LogP contribution in [0.25, 0.3) is 0 Å². The van der Waals surface area contributed by atoms with E-state index in [0.29, 0.717) is 6.42 Å². The third kappa shape index (κ3) is 2.86. The molecule has 13 heavy (non-hydrogen) atoms. The van der Waals surface area contributed by atoms with Crippen molar-refractivity contribution in [1.82, 2.24) is 0 Å². The van der Waals surface area contributed by atoms with E-state index >= 15 is 0 Å². The van der Waals surface area contributed by atoms with Gasteiger partial charge in [-0.15, -0.1) is 6.58 Å². The fraction of sp³-hybridized carbons (Fsp3) is 0.250. The molecule has 0 aromatic heterocycles. The lowest BCUT2D eigenvalue weighted by molar-refractivity contribution is 0.0983. The minimum atomic E-state index is 0.194. The third-order valence-electron chi connectivity index (χ3n) is 1.95. The molecule has 1 rings (SSSR count). The molecule has 0 unspecified atom stereocenters. The van der Waals surface area contributed by atoms with Crippen molar-refractivity contribution in [3.8, 4) is 0 Å².